The molecule has 0 aromatic heterocycles. The van der Waals surface area contributed by atoms with Crippen LogP contribution in [0.3, 0.4) is 0 Å². The number of sulfonamides is 1. The van der Waals surface area contributed by atoms with Gasteiger partial charge in [0, 0.05) is 11.5 Å². The Morgan fingerprint density at radius 3 is 2.24 bits per heavy atom. The zero-order valence-electron chi connectivity index (χ0n) is 10.6. The van der Waals surface area contributed by atoms with Crippen LogP contribution in [0.15, 0.2) is 0 Å². The maximum absolute atomic E-state index is 12.2. The molecule has 2 unspecified atom stereocenters. The van der Waals surface area contributed by atoms with Gasteiger partial charge in [0.15, 0.2) is 0 Å². The van der Waals surface area contributed by atoms with Gasteiger partial charge in [-0.15, -0.1) is 0 Å². The van der Waals surface area contributed by atoms with Crippen LogP contribution in [0.1, 0.15) is 52.4 Å². The zero-order chi connectivity index (χ0) is 12.7. The first-order valence-corrected chi connectivity index (χ1v) is 8.08. The smallest absolute Gasteiger partial charge is 0.214 e. The average molecular weight is 261 g/mol. The van der Waals surface area contributed by atoms with Crippen molar-refractivity contribution in [2.24, 2.45) is 5.41 Å². The van der Waals surface area contributed by atoms with Crippen LogP contribution in [-0.4, -0.2) is 30.9 Å². The molecular formula is C12H23NO3S. The van der Waals surface area contributed by atoms with Crippen molar-refractivity contribution < 1.29 is 13.5 Å². The van der Waals surface area contributed by atoms with Gasteiger partial charge in [-0.1, -0.05) is 33.1 Å². The summed E-state index contributed by atoms with van der Waals surface area (Å²) in [6, 6.07) is -0.107. The normalized spacial score (nSPS) is 34.3. The minimum absolute atomic E-state index is 0.107. The highest BCUT2D eigenvalue weighted by molar-refractivity contribution is 7.90. The lowest BCUT2D eigenvalue weighted by Gasteiger charge is -2.49. The van der Waals surface area contributed by atoms with Crippen LogP contribution < -0.4 is 4.72 Å². The molecule has 0 aromatic rings. The summed E-state index contributed by atoms with van der Waals surface area (Å²) in [4.78, 5) is 0. The van der Waals surface area contributed by atoms with E-state index in [4.69, 9.17) is 0 Å². The standard InChI is InChI=1S/C12H23NO3S/c1-12(2)10(8-11(12)14)13-17(15,16)9-6-4-3-5-7-9/h9-11,13-14H,3-8H2,1-2H3. The lowest BCUT2D eigenvalue weighted by Crippen LogP contribution is -2.62. The summed E-state index contributed by atoms with van der Waals surface area (Å²) >= 11 is 0. The summed E-state index contributed by atoms with van der Waals surface area (Å²) in [6.45, 7) is 3.82. The van der Waals surface area contributed by atoms with Crippen molar-refractivity contribution >= 4 is 10.0 Å². The van der Waals surface area contributed by atoms with Crippen molar-refractivity contribution in [3.05, 3.63) is 0 Å². The number of rotatable bonds is 3. The van der Waals surface area contributed by atoms with Gasteiger partial charge in [0.25, 0.3) is 0 Å². The van der Waals surface area contributed by atoms with Gasteiger partial charge >= 0.3 is 0 Å². The van der Waals surface area contributed by atoms with Crippen molar-refractivity contribution in [2.75, 3.05) is 0 Å². The molecule has 4 nitrogen and oxygen atoms in total. The van der Waals surface area contributed by atoms with E-state index in [1.807, 2.05) is 13.8 Å². The summed E-state index contributed by atoms with van der Waals surface area (Å²) in [5.41, 5.74) is -0.332. The Bertz CT molecular complexity index is 371. The van der Waals surface area contributed by atoms with Crippen molar-refractivity contribution in [2.45, 2.75) is 69.8 Å². The Morgan fingerprint density at radius 2 is 1.76 bits per heavy atom. The van der Waals surface area contributed by atoms with Crippen LogP contribution >= 0.6 is 0 Å². The molecule has 0 heterocycles. The van der Waals surface area contributed by atoms with Crippen molar-refractivity contribution in [3.63, 3.8) is 0 Å². The summed E-state index contributed by atoms with van der Waals surface area (Å²) in [5, 5.41) is 9.40. The first kappa shape index (κ1) is 13.3. The van der Waals surface area contributed by atoms with Crippen molar-refractivity contribution in [1.29, 1.82) is 0 Å². The molecule has 2 N–H and O–H groups in total. The highest BCUT2D eigenvalue weighted by Gasteiger charge is 2.49. The SMILES string of the molecule is CC1(C)C(O)CC1NS(=O)(=O)C1CCCCC1. The van der Waals surface area contributed by atoms with Gasteiger partial charge in [0.2, 0.25) is 10.0 Å². The average Bonchev–Trinajstić information content (AvgIpc) is 2.30. The molecule has 5 heteroatoms. The second-order valence-electron chi connectivity index (χ2n) is 6.05. The van der Waals surface area contributed by atoms with E-state index in [0.717, 1.165) is 32.1 Å². The number of nitrogens with one attached hydrogen (secondary N) is 1. The molecule has 2 fully saturated rings. The first-order chi connectivity index (χ1) is 7.84. The second-order valence-corrected chi connectivity index (χ2v) is 8.04. The lowest BCUT2D eigenvalue weighted by molar-refractivity contribution is -0.0646. The molecule has 0 aliphatic heterocycles. The van der Waals surface area contributed by atoms with E-state index in [9.17, 15) is 13.5 Å². The van der Waals surface area contributed by atoms with E-state index >= 15 is 0 Å². The summed E-state index contributed by atoms with van der Waals surface area (Å²) < 4.78 is 27.2. The van der Waals surface area contributed by atoms with Gasteiger partial charge < -0.3 is 5.11 Å². The molecule has 17 heavy (non-hydrogen) atoms. The molecule has 0 bridgehead atoms. The fourth-order valence-electron chi connectivity index (χ4n) is 2.77. The van der Waals surface area contributed by atoms with Gasteiger partial charge in [-0.2, -0.15) is 0 Å². The highest BCUT2D eigenvalue weighted by atomic mass is 32.2. The Kier molecular flexibility index (Phi) is 3.54. The Balaban J connectivity index is 1.98. The minimum atomic E-state index is -3.20. The number of hydrogen-bond acceptors (Lipinski definition) is 3. The van der Waals surface area contributed by atoms with Crippen LogP contribution in [0.2, 0.25) is 0 Å². The third-order valence-electron chi connectivity index (χ3n) is 4.51. The van der Waals surface area contributed by atoms with Crippen molar-refractivity contribution in [3.8, 4) is 0 Å². The molecule has 0 amide bonds. The topological polar surface area (TPSA) is 66.4 Å². The molecule has 0 aromatic carbocycles. The highest BCUT2D eigenvalue weighted by Crippen LogP contribution is 2.41. The number of aliphatic hydroxyl groups excluding tert-OH is 1. The third kappa shape index (κ3) is 2.51. The molecular weight excluding hydrogens is 238 g/mol. The Hall–Kier alpha value is -0.130. The molecule has 100 valence electrons. The summed E-state index contributed by atoms with van der Waals surface area (Å²) in [6.07, 6.45) is 4.90. The van der Waals surface area contributed by atoms with Gasteiger partial charge in [-0.25, -0.2) is 13.1 Å². The van der Waals surface area contributed by atoms with Crippen LogP contribution in [0.4, 0.5) is 0 Å². The van der Waals surface area contributed by atoms with Gasteiger partial charge in [0.05, 0.1) is 11.4 Å². The fourth-order valence-corrected chi connectivity index (χ4v) is 4.72. The maximum Gasteiger partial charge on any atom is 0.214 e. The molecule has 2 aliphatic carbocycles. The molecule has 2 aliphatic rings. The summed E-state index contributed by atoms with van der Waals surface area (Å²) in [5.74, 6) is 0. The van der Waals surface area contributed by atoms with Gasteiger partial charge in [0.1, 0.15) is 0 Å². The second kappa shape index (κ2) is 4.52. The summed E-state index contributed by atoms with van der Waals surface area (Å²) in [7, 11) is -3.20. The first-order valence-electron chi connectivity index (χ1n) is 6.53. The lowest BCUT2D eigenvalue weighted by atomic mass is 9.65. The van der Waals surface area contributed by atoms with E-state index in [2.05, 4.69) is 4.72 Å². The molecule has 0 saturated heterocycles. The third-order valence-corrected chi connectivity index (χ3v) is 6.48. The largest absolute Gasteiger partial charge is 0.392 e. The fraction of sp³-hybridized carbons (Fsp3) is 1.00. The van der Waals surface area contributed by atoms with E-state index in [1.165, 1.54) is 0 Å². The van der Waals surface area contributed by atoms with E-state index in [1.54, 1.807) is 0 Å². The van der Waals surface area contributed by atoms with Crippen LogP contribution in [0.5, 0.6) is 0 Å². The monoisotopic (exact) mass is 261 g/mol. The molecule has 2 saturated carbocycles. The van der Waals surface area contributed by atoms with Crippen molar-refractivity contribution in [1.82, 2.24) is 4.72 Å². The van der Waals surface area contributed by atoms with E-state index in [-0.39, 0.29) is 22.8 Å². The Morgan fingerprint density at radius 1 is 1.18 bits per heavy atom. The van der Waals surface area contributed by atoms with Gasteiger partial charge in [-0.3, -0.25) is 0 Å². The zero-order valence-corrected chi connectivity index (χ0v) is 11.5. The molecule has 2 atom stereocenters. The van der Waals surface area contributed by atoms with Gasteiger partial charge in [-0.05, 0) is 19.3 Å². The Labute approximate surface area is 104 Å². The van der Waals surface area contributed by atoms with E-state index in [0.29, 0.717) is 6.42 Å². The predicted molar refractivity (Wildman–Crippen MR) is 67.1 cm³/mol. The molecule has 0 spiro atoms. The minimum Gasteiger partial charge on any atom is -0.392 e. The molecule has 2 rings (SSSR count). The maximum atomic E-state index is 12.2. The number of aliphatic hydroxyl groups is 1. The van der Waals surface area contributed by atoms with Crippen LogP contribution in [0.25, 0.3) is 0 Å². The van der Waals surface area contributed by atoms with E-state index < -0.39 is 10.0 Å². The quantitative estimate of drug-likeness (QED) is 0.807. The van der Waals surface area contributed by atoms with Crippen LogP contribution in [0, 0.1) is 5.41 Å². The predicted octanol–water partition coefficient (Wildman–Crippen LogP) is 1.40. The number of hydrogen-bond donors (Lipinski definition) is 2. The molecule has 0 radical (unpaired) electrons. The van der Waals surface area contributed by atoms with Crippen LogP contribution in [-0.2, 0) is 10.0 Å².